The van der Waals surface area contributed by atoms with Crippen molar-refractivity contribution < 1.29 is 14.3 Å². The highest BCUT2D eigenvalue weighted by Crippen LogP contribution is 2.29. The van der Waals surface area contributed by atoms with Crippen LogP contribution in [0, 0.1) is 0 Å². The van der Waals surface area contributed by atoms with Crippen molar-refractivity contribution in [3.63, 3.8) is 0 Å². The highest BCUT2D eigenvalue weighted by atomic mass is 79.9. The van der Waals surface area contributed by atoms with Crippen molar-refractivity contribution in [3.05, 3.63) is 28.2 Å². The molecule has 1 atom stereocenters. The number of amides is 1. The lowest BCUT2D eigenvalue weighted by atomic mass is 10.1. The molecule has 5 nitrogen and oxygen atoms in total. The number of nitrogens with two attached hydrogens (primary N) is 1. The Morgan fingerprint density at radius 1 is 1.45 bits per heavy atom. The lowest BCUT2D eigenvalue weighted by Crippen LogP contribution is -2.46. The van der Waals surface area contributed by atoms with E-state index in [0.717, 1.165) is 15.7 Å². The highest BCUT2D eigenvalue weighted by Gasteiger charge is 2.30. The van der Waals surface area contributed by atoms with Crippen LogP contribution < -0.4 is 10.6 Å². The number of nitrogens with zero attached hydrogens (tertiary/aromatic N) is 1. The Balaban J connectivity index is 2.30. The number of hydrogen-bond acceptors (Lipinski definition) is 4. The van der Waals surface area contributed by atoms with Crippen LogP contribution in [0.15, 0.2) is 22.7 Å². The van der Waals surface area contributed by atoms with Gasteiger partial charge in [0.25, 0.3) is 0 Å². The quantitative estimate of drug-likeness (QED) is 0.813. The van der Waals surface area contributed by atoms with Gasteiger partial charge < -0.3 is 10.5 Å². The fraction of sp³-hybridized carbons (Fsp3) is 0.500. The lowest BCUT2D eigenvalue weighted by molar-refractivity contribution is -0.153. The predicted octanol–water partition coefficient (Wildman–Crippen LogP) is 2.40. The van der Waals surface area contributed by atoms with E-state index < -0.39 is 17.6 Å². The smallest absolute Gasteiger partial charge is 0.326 e. The van der Waals surface area contributed by atoms with Gasteiger partial charge in [-0.05, 0) is 57.4 Å². The number of halogens is 1. The zero-order valence-electron chi connectivity index (χ0n) is 13.1. The van der Waals surface area contributed by atoms with E-state index in [9.17, 15) is 9.59 Å². The average molecular weight is 369 g/mol. The lowest BCUT2D eigenvalue weighted by Gasteiger charge is -2.26. The first-order valence-corrected chi connectivity index (χ1v) is 8.04. The van der Waals surface area contributed by atoms with Gasteiger partial charge in [-0.15, -0.1) is 0 Å². The zero-order valence-corrected chi connectivity index (χ0v) is 14.6. The molecule has 1 aromatic carbocycles. The van der Waals surface area contributed by atoms with Crippen LogP contribution in [-0.4, -0.2) is 30.1 Å². The number of aryl methyl sites for hydroxylation is 1. The van der Waals surface area contributed by atoms with Crippen molar-refractivity contribution in [2.45, 2.75) is 45.3 Å². The average Bonchev–Trinajstić information content (AvgIpc) is 2.49. The minimum absolute atomic E-state index is 0.127. The van der Waals surface area contributed by atoms with Crippen LogP contribution in [0.1, 0.15) is 32.8 Å². The van der Waals surface area contributed by atoms with Gasteiger partial charge in [-0.3, -0.25) is 14.5 Å². The van der Waals surface area contributed by atoms with Crippen molar-refractivity contribution >= 4 is 33.5 Å². The molecular weight excluding hydrogens is 348 g/mol. The van der Waals surface area contributed by atoms with E-state index in [-0.39, 0.29) is 12.5 Å². The third kappa shape index (κ3) is 4.08. The van der Waals surface area contributed by atoms with Crippen molar-refractivity contribution in [1.82, 2.24) is 0 Å². The summed E-state index contributed by atoms with van der Waals surface area (Å²) in [5.74, 6) is -0.684. The molecule has 1 aliphatic heterocycles. The minimum Gasteiger partial charge on any atom is -0.459 e. The van der Waals surface area contributed by atoms with Crippen LogP contribution in [0.3, 0.4) is 0 Å². The molecule has 22 heavy (non-hydrogen) atoms. The number of anilines is 1. The van der Waals surface area contributed by atoms with Gasteiger partial charge in [0.05, 0.1) is 6.04 Å². The highest BCUT2D eigenvalue weighted by molar-refractivity contribution is 9.10. The van der Waals surface area contributed by atoms with Crippen LogP contribution in [-0.2, 0) is 20.7 Å². The number of benzene rings is 1. The van der Waals surface area contributed by atoms with Crippen LogP contribution in [0.5, 0.6) is 0 Å². The fourth-order valence-corrected chi connectivity index (χ4v) is 2.85. The number of carbonyl (C=O) groups excluding carboxylic acids is 2. The number of rotatable bonds is 2. The summed E-state index contributed by atoms with van der Waals surface area (Å²) in [4.78, 5) is 26.0. The largest absolute Gasteiger partial charge is 0.459 e. The van der Waals surface area contributed by atoms with E-state index in [4.69, 9.17) is 10.5 Å². The molecule has 1 unspecified atom stereocenters. The first-order chi connectivity index (χ1) is 10.2. The first-order valence-electron chi connectivity index (χ1n) is 7.24. The molecule has 0 saturated carbocycles. The monoisotopic (exact) mass is 368 g/mol. The molecule has 6 heteroatoms. The van der Waals surface area contributed by atoms with Gasteiger partial charge in [0, 0.05) is 10.2 Å². The molecule has 1 aromatic rings. The van der Waals surface area contributed by atoms with Gasteiger partial charge in [0.2, 0.25) is 5.91 Å². The predicted molar refractivity (Wildman–Crippen MR) is 88.6 cm³/mol. The van der Waals surface area contributed by atoms with Crippen LogP contribution >= 0.6 is 15.9 Å². The summed E-state index contributed by atoms with van der Waals surface area (Å²) in [6, 6.07) is 5.04. The van der Waals surface area contributed by atoms with Crippen molar-refractivity contribution in [1.29, 1.82) is 0 Å². The molecule has 0 aliphatic carbocycles. The van der Waals surface area contributed by atoms with Crippen LogP contribution in [0.2, 0.25) is 0 Å². The van der Waals surface area contributed by atoms with E-state index in [2.05, 4.69) is 15.9 Å². The summed E-state index contributed by atoms with van der Waals surface area (Å²) in [6.45, 7) is 5.27. The maximum absolute atomic E-state index is 12.5. The molecular formula is C16H21BrN2O3. The maximum Gasteiger partial charge on any atom is 0.326 e. The zero-order chi connectivity index (χ0) is 16.5. The number of fused-ring (bicyclic) bond motifs is 1. The van der Waals surface area contributed by atoms with Gasteiger partial charge in [-0.25, -0.2) is 0 Å². The van der Waals surface area contributed by atoms with Crippen molar-refractivity contribution in [3.8, 4) is 0 Å². The molecule has 120 valence electrons. The molecule has 1 aliphatic rings. The Morgan fingerprint density at radius 2 is 2.14 bits per heavy atom. The molecule has 1 heterocycles. The minimum atomic E-state index is -0.603. The number of esters is 1. The summed E-state index contributed by atoms with van der Waals surface area (Å²) >= 11 is 3.43. The maximum atomic E-state index is 12.5. The van der Waals surface area contributed by atoms with Gasteiger partial charge >= 0.3 is 5.97 Å². The van der Waals surface area contributed by atoms with Crippen LogP contribution in [0.4, 0.5) is 5.69 Å². The second-order valence-electron chi connectivity index (χ2n) is 6.43. The molecule has 0 bridgehead atoms. The molecule has 0 fully saturated rings. The second kappa shape index (κ2) is 6.38. The van der Waals surface area contributed by atoms with E-state index in [0.29, 0.717) is 12.8 Å². The Kier molecular flexibility index (Phi) is 4.92. The van der Waals surface area contributed by atoms with Crippen molar-refractivity contribution in [2.75, 3.05) is 11.4 Å². The summed E-state index contributed by atoms with van der Waals surface area (Å²) in [7, 11) is 0. The third-order valence-electron chi connectivity index (χ3n) is 3.35. The molecule has 1 amide bonds. The van der Waals surface area contributed by atoms with E-state index in [1.165, 1.54) is 4.90 Å². The number of ether oxygens (including phenoxy) is 1. The van der Waals surface area contributed by atoms with Crippen molar-refractivity contribution in [2.24, 2.45) is 5.73 Å². The number of hydrogen-bond donors (Lipinski definition) is 1. The van der Waals surface area contributed by atoms with E-state index >= 15 is 0 Å². The second-order valence-corrected chi connectivity index (χ2v) is 7.34. The Labute approximate surface area is 138 Å². The van der Waals surface area contributed by atoms with Gasteiger partial charge in [-0.2, -0.15) is 0 Å². The van der Waals surface area contributed by atoms with Gasteiger partial charge in [-0.1, -0.05) is 15.9 Å². The SMILES string of the molecule is CC(C)(C)OC(=O)CN1C(=O)C(N)CCc2cc(Br)ccc21. The fourth-order valence-electron chi connectivity index (χ4n) is 2.44. The standard InChI is InChI=1S/C16H21BrN2O3/c1-16(2,3)22-14(20)9-19-13-7-5-11(17)8-10(13)4-6-12(18)15(19)21/h5,7-8,12H,4,6,9,18H2,1-3H3. The topological polar surface area (TPSA) is 72.6 Å². The van der Waals surface area contributed by atoms with Gasteiger partial charge in [0.1, 0.15) is 12.1 Å². The van der Waals surface area contributed by atoms with E-state index in [1.807, 2.05) is 18.2 Å². The third-order valence-corrected chi connectivity index (χ3v) is 3.84. The Morgan fingerprint density at radius 3 is 2.77 bits per heavy atom. The molecule has 0 aromatic heterocycles. The molecule has 2 rings (SSSR count). The molecule has 0 spiro atoms. The Hall–Kier alpha value is -1.40. The van der Waals surface area contributed by atoms with E-state index in [1.54, 1.807) is 20.8 Å². The van der Waals surface area contributed by atoms with Crippen LogP contribution in [0.25, 0.3) is 0 Å². The molecule has 2 N–H and O–H groups in total. The molecule has 0 radical (unpaired) electrons. The summed E-state index contributed by atoms with van der Waals surface area (Å²) < 4.78 is 6.26. The number of carbonyl (C=O) groups is 2. The first kappa shape index (κ1) is 17.0. The summed E-state index contributed by atoms with van der Waals surface area (Å²) in [5.41, 5.74) is 7.08. The summed E-state index contributed by atoms with van der Waals surface area (Å²) in [6.07, 6.45) is 1.26. The van der Waals surface area contributed by atoms with Gasteiger partial charge in [0.15, 0.2) is 0 Å². The molecule has 0 saturated heterocycles. The summed E-state index contributed by atoms with van der Waals surface area (Å²) in [5, 5.41) is 0. The normalized spacial score (nSPS) is 18.7. The Bertz CT molecular complexity index is 596.